The minimum Gasteiger partial charge on any atom is -0.496 e. The van der Waals surface area contributed by atoms with Crippen LogP contribution >= 0.6 is 0 Å². The number of aromatic nitrogens is 3. The summed E-state index contributed by atoms with van der Waals surface area (Å²) in [6.07, 6.45) is 15.3. The van der Waals surface area contributed by atoms with Crippen LogP contribution in [-0.4, -0.2) is 100 Å². The van der Waals surface area contributed by atoms with Gasteiger partial charge in [-0.05, 0) is 67.5 Å². The highest BCUT2D eigenvalue weighted by atomic mass is 16.5. The maximum atomic E-state index is 13.8. The third kappa shape index (κ3) is 6.02. The standard InChI is InChI=1S/C35H43N7O3/c1-45-32-21-30(8-9-31(32)28-23-37-38-24-28)42-16-12-35(34(42)44)10-14-41(15-11-35)33(43)27-4-6-29(7-5-27)40-19-17-39(18-20-40)25-26-3-2-13-36-22-26/h2-4,6,8-9,13,21-24,33,43H,5,7,10-12,14-20,25H2,1H3,(H,37,38). The molecule has 236 valence electrons. The first-order valence-electron chi connectivity index (χ1n) is 16.2. The van der Waals surface area contributed by atoms with Crippen molar-refractivity contribution in [3.8, 4) is 16.9 Å². The number of pyridine rings is 1. The number of hydrogen-bond donors (Lipinski definition) is 2. The Balaban J connectivity index is 0.928. The van der Waals surface area contributed by atoms with Gasteiger partial charge in [-0.15, -0.1) is 0 Å². The van der Waals surface area contributed by atoms with E-state index in [-0.39, 0.29) is 11.3 Å². The minimum atomic E-state index is -0.594. The summed E-state index contributed by atoms with van der Waals surface area (Å²) in [7, 11) is 1.65. The summed E-state index contributed by atoms with van der Waals surface area (Å²) in [5.74, 6) is 0.918. The predicted octanol–water partition coefficient (Wildman–Crippen LogP) is 4.04. The molecule has 7 rings (SSSR count). The maximum Gasteiger partial charge on any atom is 0.233 e. The van der Waals surface area contributed by atoms with Gasteiger partial charge in [-0.1, -0.05) is 12.1 Å². The average molecular weight is 610 g/mol. The van der Waals surface area contributed by atoms with Crippen LogP contribution in [0, 0.1) is 5.41 Å². The smallest absolute Gasteiger partial charge is 0.233 e. The highest BCUT2D eigenvalue weighted by Crippen LogP contribution is 2.45. The summed E-state index contributed by atoms with van der Waals surface area (Å²) in [6, 6.07) is 10.1. The summed E-state index contributed by atoms with van der Waals surface area (Å²) in [4.78, 5) is 27.2. The zero-order valence-electron chi connectivity index (χ0n) is 26.1. The van der Waals surface area contributed by atoms with Crippen LogP contribution in [-0.2, 0) is 11.3 Å². The van der Waals surface area contributed by atoms with E-state index in [1.165, 1.54) is 11.3 Å². The Hall–Kier alpha value is -3.99. The van der Waals surface area contributed by atoms with Crippen molar-refractivity contribution in [2.75, 3.05) is 57.8 Å². The van der Waals surface area contributed by atoms with Gasteiger partial charge in [0.2, 0.25) is 5.91 Å². The van der Waals surface area contributed by atoms with Crippen molar-refractivity contribution < 1.29 is 14.6 Å². The van der Waals surface area contributed by atoms with E-state index in [4.69, 9.17) is 4.74 Å². The van der Waals surface area contributed by atoms with E-state index >= 15 is 0 Å². The number of benzene rings is 1. The van der Waals surface area contributed by atoms with E-state index in [2.05, 4.69) is 48.1 Å². The van der Waals surface area contributed by atoms with E-state index < -0.39 is 6.23 Å². The molecule has 0 bridgehead atoms. The van der Waals surface area contributed by atoms with Gasteiger partial charge in [0.15, 0.2) is 0 Å². The molecule has 1 unspecified atom stereocenters. The molecule has 1 atom stereocenters. The lowest BCUT2D eigenvalue weighted by Crippen LogP contribution is -2.49. The highest BCUT2D eigenvalue weighted by Gasteiger charge is 2.49. The van der Waals surface area contributed by atoms with Crippen molar-refractivity contribution >= 4 is 11.6 Å². The number of amides is 1. The SMILES string of the molecule is COc1cc(N2CCC3(CCN(C(O)C4=CC=C(N5CCN(Cc6cccnc6)CC5)CC4)CC3)C2=O)ccc1-c1cn[nH]c1. The van der Waals surface area contributed by atoms with E-state index in [1.54, 1.807) is 13.3 Å². The van der Waals surface area contributed by atoms with Crippen LogP contribution in [0.25, 0.3) is 11.1 Å². The van der Waals surface area contributed by atoms with Gasteiger partial charge in [-0.3, -0.25) is 24.7 Å². The van der Waals surface area contributed by atoms with Crippen molar-refractivity contribution in [2.45, 2.75) is 44.9 Å². The molecule has 5 heterocycles. The summed E-state index contributed by atoms with van der Waals surface area (Å²) in [5.41, 5.74) is 6.11. The first-order chi connectivity index (χ1) is 22.0. The monoisotopic (exact) mass is 609 g/mol. The van der Waals surface area contributed by atoms with Crippen LogP contribution in [0.4, 0.5) is 5.69 Å². The number of H-pyrrole nitrogens is 1. The number of nitrogens with zero attached hydrogens (tertiary/aromatic N) is 6. The van der Waals surface area contributed by atoms with Crippen LogP contribution in [0.3, 0.4) is 0 Å². The zero-order chi connectivity index (χ0) is 30.8. The largest absolute Gasteiger partial charge is 0.496 e. The lowest BCUT2D eigenvalue weighted by atomic mass is 9.77. The molecule has 3 saturated heterocycles. The lowest BCUT2D eigenvalue weighted by Gasteiger charge is -2.41. The number of aromatic amines is 1. The normalized spacial score (nSPS) is 21.6. The van der Waals surface area contributed by atoms with Gasteiger partial charge in [-0.25, -0.2) is 0 Å². The second-order valence-corrected chi connectivity index (χ2v) is 12.8. The third-order valence-electron chi connectivity index (χ3n) is 10.3. The molecule has 1 aliphatic carbocycles. The fourth-order valence-electron chi connectivity index (χ4n) is 7.51. The Labute approximate surface area is 265 Å². The first-order valence-corrected chi connectivity index (χ1v) is 16.2. The molecular formula is C35H43N7O3. The summed E-state index contributed by atoms with van der Waals surface area (Å²) in [5, 5.41) is 18.2. The Morgan fingerprint density at radius 1 is 1.00 bits per heavy atom. The van der Waals surface area contributed by atoms with Crippen molar-refractivity contribution in [2.24, 2.45) is 5.41 Å². The molecule has 3 aromatic rings. The van der Waals surface area contributed by atoms with Crippen LogP contribution in [0.1, 0.15) is 37.7 Å². The van der Waals surface area contributed by atoms with E-state index in [9.17, 15) is 9.90 Å². The Morgan fingerprint density at radius 3 is 2.51 bits per heavy atom. The lowest BCUT2D eigenvalue weighted by molar-refractivity contribution is -0.129. The fraction of sp³-hybridized carbons (Fsp3) is 0.457. The second kappa shape index (κ2) is 12.8. The Bertz CT molecular complexity index is 1540. The molecule has 3 aliphatic heterocycles. The van der Waals surface area contributed by atoms with Crippen molar-refractivity contribution in [1.29, 1.82) is 0 Å². The molecule has 10 nitrogen and oxygen atoms in total. The van der Waals surface area contributed by atoms with Gasteiger partial charge in [0.25, 0.3) is 0 Å². The number of allylic oxidation sites excluding steroid dienone is 3. The van der Waals surface area contributed by atoms with Gasteiger partial charge in [0, 0.05) is 99.5 Å². The highest BCUT2D eigenvalue weighted by molar-refractivity contribution is 6.00. The second-order valence-electron chi connectivity index (χ2n) is 12.8. The molecule has 10 heteroatoms. The molecule has 1 aromatic carbocycles. The number of methoxy groups -OCH3 is 1. The van der Waals surface area contributed by atoms with Gasteiger partial charge in [-0.2, -0.15) is 5.10 Å². The summed E-state index contributed by atoms with van der Waals surface area (Å²) in [6.45, 7) is 7.23. The molecule has 3 fully saturated rings. The number of rotatable bonds is 8. The van der Waals surface area contributed by atoms with Gasteiger partial charge < -0.3 is 19.6 Å². The van der Waals surface area contributed by atoms with Gasteiger partial charge in [0.1, 0.15) is 12.0 Å². The number of nitrogens with one attached hydrogen (secondary N) is 1. The minimum absolute atomic E-state index is 0.194. The van der Waals surface area contributed by atoms with Gasteiger partial charge >= 0.3 is 0 Å². The summed E-state index contributed by atoms with van der Waals surface area (Å²) >= 11 is 0. The third-order valence-corrected chi connectivity index (χ3v) is 10.3. The van der Waals surface area contributed by atoms with Crippen molar-refractivity contribution in [3.05, 3.63) is 84.1 Å². The molecule has 0 radical (unpaired) electrons. The number of anilines is 1. The number of likely N-dealkylation sites (tertiary alicyclic amines) is 1. The molecule has 1 amide bonds. The molecule has 2 aromatic heterocycles. The number of hydrogen-bond acceptors (Lipinski definition) is 8. The zero-order valence-corrected chi connectivity index (χ0v) is 26.1. The summed E-state index contributed by atoms with van der Waals surface area (Å²) < 4.78 is 5.67. The van der Waals surface area contributed by atoms with Crippen LogP contribution < -0.4 is 9.64 Å². The molecule has 0 saturated carbocycles. The van der Waals surface area contributed by atoms with Crippen LogP contribution in [0.2, 0.25) is 0 Å². The molecular weight excluding hydrogens is 566 g/mol. The molecule has 45 heavy (non-hydrogen) atoms. The fourth-order valence-corrected chi connectivity index (χ4v) is 7.51. The van der Waals surface area contributed by atoms with E-state index in [0.717, 1.165) is 106 Å². The number of piperazine rings is 1. The number of ether oxygens (including phenoxy) is 1. The van der Waals surface area contributed by atoms with Crippen molar-refractivity contribution in [1.82, 2.24) is 29.9 Å². The van der Waals surface area contributed by atoms with Crippen molar-refractivity contribution in [3.63, 3.8) is 0 Å². The predicted molar refractivity (Wildman–Crippen MR) is 173 cm³/mol. The molecule has 2 N–H and O–H groups in total. The number of piperidine rings is 1. The average Bonchev–Trinajstić information content (AvgIpc) is 3.74. The Morgan fingerprint density at radius 2 is 1.82 bits per heavy atom. The topological polar surface area (TPSA) is 101 Å². The van der Waals surface area contributed by atoms with E-state index in [0.29, 0.717) is 6.54 Å². The number of aliphatic hydroxyl groups excluding tert-OH is 1. The maximum absolute atomic E-state index is 13.8. The van der Waals surface area contributed by atoms with Crippen LogP contribution in [0.5, 0.6) is 5.75 Å². The Kier molecular flexibility index (Phi) is 8.44. The number of aliphatic hydroxyl groups is 1. The molecule has 4 aliphatic rings. The van der Waals surface area contributed by atoms with Crippen LogP contribution in [0.15, 0.2) is 78.5 Å². The van der Waals surface area contributed by atoms with E-state index in [1.807, 2.05) is 47.8 Å². The quantitative estimate of drug-likeness (QED) is 0.395. The molecule has 1 spiro atoms. The number of carbonyl (C=O) groups is 1. The number of carbonyl (C=O) groups excluding carboxylic acids is 1. The first kappa shape index (κ1) is 29.7. The van der Waals surface area contributed by atoms with Gasteiger partial charge in [0.05, 0.1) is 18.7 Å².